The van der Waals surface area contributed by atoms with Gasteiger partial charge in [-0.1, -0.05) is 38.1 Å². The van der Waals surface area contributed by atoms with Crippen LogP contribution in [0.2, 0.25) is 0 Å². The van der Waals surface area contributed by atoms with Gasteiger partial charge in [0.1, 0.15) is 0 Å². The molecular weight excluding hydrogens is 473 g/mol. The third-order valence-electron chi connectivity index (χ3n) is 5.48. The third-order valence-corrected chi connectivity index (χ3v) is 5.48. The van der Waals surface area contributed by atoms with Crippen molar-refractivity contribution in [3.63, 3.8) is 0 Å². The first-order valence-corrected chi connectivity index (χ1v) is 10.9. The Morgan fingerprint density at radius 3 is 2.24 bits per heavy atom. The van der Waals surface area contributed by atoms with Gasteiger partial charge in [0.2, 0.25) is 0 Å². The Kier molecular flexibility index (Phi) is 15.4. The number of rotatable bonds is 12. The van der Waals surface area contributed by atoms with Crippen LogP contribution in [0.5, 0.6) is 0 Å². The largest absolute Gasteiger partial charge is 0.354 e. The highest BCUT2D eigenvalue weighted by atomic mass is 127. The van der Waals surface area contributed by atoms with Gasteiger partial charge in [-0.05, 0) is 71.4 Å². The predicted octanol–water partition coefficient (Wildman–Crippen LogP) is 4.32. The molecule has 1 unspecified atom stereocenters. The molecule has 1 atom stereocenters. The molecule has 0 saturated heterocycles. The standard InChI is InChI=1S/C23H43N5.HI/c1-8-28(9-2)16-12-13-20(5)26-23(24-6)25-17-21-14-10-11-15-22(21)18-27(7)19(3)4;/h10-11,14-15,19-20H,8-9,12-13,16-18H2,1-7H3,(H2,24,25,26);1H. The minimum absolute atomic E-state index is 0. The van der Waals surface area contributed by atoms with E-state index in [-0.39, 0.29) is 24.0 Å². The Balaban J connectivity index is 0.00000784. The van der Waals surface area contributed by atoms with Crippen LogP contribution in [0.4, 0.5) is 0 Å². The number of guanidine groups is 1. The summed E-state index contributed by atoms with van der Waals surface area (Å²) < 4.78 is 0. The van der Waals surface area contributed by atoms with Gasteiger partial charge < -0.3 is 15.5 Å². The van der Waals surface area contributed by atoms with E-state index in [1.54, 1.807) is 0 Å². The molecular formula is C23H44IN5. The summed E-state index contributed by atoms with van der Waals surface area (Å²) in [6.07, 6.45) is 2.35. The number of halogens is 1. The fourth-order valence-corrected chi connectivity index (χ4v) is 3.18. The van der Waals surface area contributed by atoms with E-state index in [9.17, 15) is 0 Å². The van der Waals surface area contributed by atoms with Crippen molar-refractivity contribution in [1.82, 2.24) is 20.4 Å². The van der Waals surface area contributed by atoms with Crippen molar-refractivity contribution in [2.24, 2.45) is 4.99 Å². The molecule has 0 aliphatic rings. The molecule has 1 aromatic rings. The number of hydrogen-bond acceptors (Lipinski definition) is 3. The number of benzene rings is 1. The lowest BCUT2D eigenvalue weighted by atomic mass is 10.1. The van der Waals surface area contributed by atoms with Crippen LogP contribution in [-0.2, 0) is 13.1 Å². The Morgan fingerprint density at radius 1 is 1.07 bits per heavy atom. The van der Waals surface area contributed by atoms with Crippen LogP contribution in [0.25, 0.3) is 0 Å². The van der Waals surface area contributed by atoms with Gasteiger partial charge in [0, 0.05) is 32.2 Å². The summed E-state index contributed by atoms with van der Waals surface area (Å²) in [6, 6.07) is 9.61. The summed E-state index contributed by atoms with van der Waals surface area (Å²) in [5, 5.41) is 7.03. The van der Waals surface area contributed by atoms with Crippen molar-refractivity contribution in [2.75, 3.05) is 33.7 Å². The van der Waals surface area contributed by atoms with E-state index < -0.39 is 0 Å². The highest BCUT2D eigenvalue weighted by Crippen LogP contribution is 2.12. The average molecular weight is 518 g/mol. The number of aliphatic imine (C=N–C) groups is 1. The average Bonchev–Trinajstić information content (AvgIpc) is 2.69. The Morgan fingerprint density at radius 2 is 1.69 bits per heavy atom. The van der Waals surface area contributed by atoms with Crippen LogP contribution in [0.15, 0.2) is 29.3 Å². The SMILES string of the molecule is CCN(CC)CCCC(C)NC(=NC)NCc1ccccc1CN(C)C(C)C.I. The minimum Gasteiger partial charge on any atom is -0.354 e. The highest BCUT2D eigenvalue weighted by molar-refractivity contribution is 14.0. The van der Waals surface area contributed by atoms with Crippen LogP contribution >= 0.6 is 24.0 Å². The lowest BCUT2D eigenvalue weighted by molar-refractivity contribution is 0.265. The smallest absolute Gasteiger partial charge is 0.191 e. The fraction of sp³-hybridized carbons (Fsp3) is 0.696. The molecule has 168 valence electrons. The fourth-order valence-electron chi connectivity index (χ4n) is 3.18. The molecule has 0 aliphatic carbocycles. The predicted molar refractivity (Wildman–Crippen MR) is 138 cm³/mol. The molecule has 0 radical (unpaired) electrons. The lowest BCUT2D eigenvalue weighted by Crippen LogP contribution is -2.42. The maximum Gasteiger partial charge on any atom is 0.191 e. The van der Waals surface area contributed by atoms with Crippen molar-refractivity contribution in [1.29, 1.82) is 0 Å². The monoisotopic (exact) mass is 517 g/mol. The molecule has 0 aromatic heterocycles. The molecule has 0 saturated carbocycles. The lowest BCUT2D eigenvalue weighted by Gasteiger charge is -2.23. The van der Waals surface area contributed by atoms with Crippen LogP contribution in [0.1, 0.15) is 58.6 Å². The van der Waals surface area contributed by atoms with Gasteiger partial charge in [-0.15, -0.1) is 24.0 Å². The van der Waals surface area contributed by atoms with Crippen molar-refractivity contribution in [3.05, 3.63) is 35.4 Å². The topological polar surface area (TPSA) is 42.9 Å². The molecule has 0 spiro atoms. The Bertz CT molecular complexity index is 572. The third kappa shape index (κ3) is 11.2. The molecule has 0 aliphatic heterocycles. The second-order valence-electron chi connectivity index (χ2n) is 7.92. The summed E-state index contributed by atoms with van der Waals surface area (Å²) in [4.78, 5) is 9.25. The van der Waals surface area contributed by atoms with Crippen LogP contribution in [0, 0.1) is 0 Å². The number of nitrogens with zero attached hydrogens (tertiary/aromatic N) is 3. The van der Waals surface area contributed by atoms with E-state index in [1.807, 2.05) is 7.05 Å². The van der Waals surface area contributed by atoms with Gasteiger partial charge in [-0.25, -0.2) is 0 Å². The van der Waals surface area contributed by atoms with E-state index in [1.165, 1.54) is 24.1 Å². The molecule has 29 heavy (non-hydrogen) atoms. The molecule has 0 bridgehead atoms. The van der Waals surface area contributed by atoms with E-state index in [0.717, 1.165) is 38.6 Å². The summed E-state index contributed by atoms with van der Waals surface area (Å²) in [5.74, 6) is 0.877. The Hall–Kier alpha value is -0.860. The van der Waals surface area contributed by atoms with Crippen molar-refractivity contribution in [2.45, 2.75) is 72.6 Å². The minimum atomic E-state index is 0. The van der Waals surface area contributed by atoms with Crippen LogP contribution < -0.4 is 10.6 Å². The summed E-state index contributed by atoms with van der Waals surface area (Å²) in [6.45, 7) is 16.3. The molecule has 2 N–H and O–H groups in total. The normalized spacial score (nSPS) is 13.0. The second-order valence-corrected chi connectivity index (χ2v) is 7.92. The molecule has 0 heterocycles. The van der Waals surface area contributed by atoms with Gasteiger partial charge >= 0.3 is 0 Å². The Labute approximate surface area is 196 Å². The van der Waals surface area contributed by atoms with Crippen molar-refractivity contribution >= 4 is 29.9 Å². The first-order chi connectivity index (χ1) is 13.4. The van der Waals surface area contributed by atoms with Crippen molar-refractivity contribution < 1.29 is 0 Å². The van der Waals surface area contributed by atoms with Gasteiger partial charge in [-0.2, -0.15) is 0 Å². The van der Waals surface area contributed by atoms with Gasteiger partial charge in [0.15, 0.2) is 5.96 Å². The van der Waals surface area contributed by atoms with E-state index in [0.29, 0.717) is 12.1 Å². The molecule has 5 nitrogen and oxygen atoms in total. The van der Waals surface area contributed by atoms with E-state index in [4.69, 9.17) is 0 Å². The zero-order valence-corrected chi connectivity index (χ0v) is 22.0. The van der Waals surface area contributed by atoms with Crippen molar-refractivity contribution in [3.8, 4) is 0 Å². The molecule has 1 aromatic carbocycles. The van der Waals surface area contributed by atoms with E-state index >= 15 is 0 Å². The zero-order valence-electron chi connectivity index (χ0n) is 19.7. The first-order valence-electron chi connectivity index (χ1n) is 10.9. The molecule has 0 fully saturated rings. The van der Waals surface area contributed by atoms with Gasteiger partial charge in [-0.3, -0.25) is 9.89 Å². The van der Waals surface area contributed by atoms with Gasteiger partial charge in [0.05, 0.1) is 0 Å². The van der Waals surface area contributed by atoms with Crippen LogP contribution in [0.3, 0.4) is 0 Å². The van der Waals surface area contributed by atoms with Crippen LogP contribution in [-0.4, -0.2) is 61.6 Å². The molecule has 0 amide bonds. The first kappa shape index (κ1) is 28.1. The maximum atomic E-state index is 4.41. The molecule has 1 rings (SSSR count). The molecule has 6 heteroatoms. The number of nitrogens with one attached hydrogen (secondary N) is 2. The second kappa shape index (κ2) is 15.9. The van der Waals surface area contributed by atoms with Gasteiger partial charge in [0.25, 0.3) is 0 Å². The maximum absolute atomic E-state index is 4.41. The number of hydrogen-bond donors (Lipinski definition) is 2. The summed E-state index contributed by atoms with van der Waals surface area (Å²) >= 11 is 0. The quantitative estimate of drug-likeness (QED) is 0.246. The highest BCUT2D eigenvalue weighted by Gasteiger charge is 2.10. The zero-order chi connectivity index (χ0) is 20.9. The summed E-state index contributed by atoms with van der Waals surface area (Å²) in [7, 11) is 4.02. The van der Waals surface area contributed by atoms with E-state index in [2.05, 4.69) is 91.4 Å². The summed E-state index contributed by atoms with van der Waals surface area (Å²) in [5.41, 5.74) is 2.70.